The third kappa shape index (κ3) is 4.09. The third-order valence-corrected chi connectivity index (χ3v) is 5.47. The van der Waals surface area contributed by atoms with Gasteiger partial charge in [-0.2, -0.15) is 11.8 Å². The average Bonchev–Trinajstić information content (AvgIpc) is 3.18. The Hall–Kier alpha value is -1.46. The maximum Gasteiger partial charge on any atom is 0.167 e. The fraction of sp³-hybridized carbons (Fsp3) is 0.688. The molecule has 5 N–H and O–H groups in total. The number of nitrogen functional groups attached to an aromatic ring is 1. The maximum absolute atomic E-state index is 10.4. The molecule has 0 aliphatic carbocycles. The summed E-state index contributed by atoms with van der Waals surface area (Å²) >= 11 is 1.69. The van der Waals surface area contributed by atoms with Gasteiger partial charge in [0.15, 0.2) is 17.7 Å². The molecule has 0 spiro atoms. The van der Waals surface area contributed by atoms with E-state index in [9.17, 15) is 10.2 Å². The minimum Gasteiger partial charge on any atom is -0.387 e. The van der Waals surface area contributed by atoms with Crippen LogP contribution in [0.1, 0.15) is 26.0 Å². The minimum atomic E-state index is -1.06. The van der Waals surface area contributed by atoms with E-state index >= 15 is 0 Å². The predicted molar refractivity (Wildman–Crippen MR) is 101 cm³/mol. The molecule has 0 aromatic carbocycles. The van der Waals surface area contributed by atoms with Gasteiger partial charge in [0.25, 0.3) is 0 Å². The first-order valence-electron chi connectivity index (χ1n) is 8.86. The zero-order valence-electron chi connectivity index (χ0n) is 14.8. The lowest BCUT2D eigenvalue weighted by Gasteiger charge is -2.16. The van der Waals surface area contributed by atoms with Gasteiger partial charge in [0.2, 0.25) is 0 Å². The van der Waals surface area contributed by atoms with Crippen LogP contribution in [0.15, 0.2) is 12.7 Å². The number of nitrogens with one attached hydrogen (secondary N) is 1. The number of imidazole rings is 1. The number of hydrogen-bond donors (Lipinski definition) is 4. The quantitative estimate of drug-likeness (QED) is 0.447. The number of ether oxygens (including phenoxy) is 1. The first kappa shape index (κ1) is 19.3. The molecule has 3 rings (SSSR count). The normalized spacial score (nSPS) is 26.0. The Morgan fingerprint density at radius 1 is 1.27 bits per heavy atom. The molecule has 0 bridgehead atoms. The van der Waals surface area contributed by atoms with Crippen LogP contribution in [0.5, 0.6) is 0 Å². The van der Waals surface area contributed by atoms with E-state index in [1.165, 1.54) is 25.5 Å². The first-order chi connectivity index (χ1) is 12.6. The van der Waals surface area contributed by atoms with Crippen molar-refractivity contribution in [3.8, 4) is 0 Å². The van der Waals surface area contributed by atoms with Crippen molar-refractivity contribution in [1.29, 1.82) is 0 Å². The van der Waals surface area contributed by atoms with Crippen LogP contribution in [0.4, 0.5) is 5.82 Å². The molecule has 9 nitrogen and oxygen atoms in total. The van der Waals surface area contributed by atoms with E-state index < -0.39 is 24.5 Å². The number of nitrogens with two attached hydrogens (primary N) is 1. The number of aliphatic hydroxyl groups excluding tert-OH is 2. The number of aromatic nitrogens is 4. The van der Waals surface area contributed by atoms with Crippen LogP contribution in [-0.2, 0) is 4.74 Å². The highest BCUT2D eigenvalue weighted by Gasteiger charge is 2.44. The molecule has 1 aliphatic rings. The monoisotopic (exact) mass is 382 g/mol. The Labute approximate surface area is 156 Å². The Morgan fingerprint density at radius 2 is 2.12 bits per heavy atom. The molecule has 144 valence electrons. The molecule has 10 heteroatoms. The lowest BCUT2D eigenvalue weighted by atomic mass is 10.1. The zero-order valence-corrected chi connectivity index (χ0v) is 15.6. The van der Waals surface area contributed by atoms with Crippen LogP contribution >= 0.6 is 11.8 Å². The van der Waals surface area contributed by atoms with Crippen LogP contribution in [0.3, 0.4) is 0 Å². The molecule has 1 fully saturated rings. The van der Waals surface area contributed by atoms with Gasteiger partial charge in [-0.05, 0) is 13.0 Å². The number of fused-ring (bicyclic) bond motifs is 1. The second kappa shape index (κ2) is 8.96. The lowest BCUT2D eigenvalue weighted by molar-refractivity contribution is -0.0289. The predicted octanol–water partition coefficient (Wildman–Crippen LogP) is 0.151. The highest BCUT2D eigenvalue weighted by molar-refractivity contribution is 7.99. The number of unbranched alkanes of at least 4 members (excludes halogenated alkanes) is 1. The molecule has 0 amide bonds. The van der Waals surface area contributed by atoms with Crippen LogP contribution in [0.2, 0.25) is 0 Å². The van der Waals surface area contributed by atoms with Crippen molar-refractivity contribution >= 4 is 28.7 Å². The van der Waals surface area contributed by atoms with Crippen molar-refractivity contribution in [2.45, 2.75) is 44.3 Å². The number of thioether (sulfide) groups is 1. The number of aliphatic hydroxyl groups is 2. The van der Waals surface area contributed by atoms with Gasteiger partial charge in [0, 0.05) is 18.1 Å². The van der Waals surface area contributed by atoms with Crippen LogP contribution in [-0.4, -0.2) is 72.6 Å². The molecule has 4 atom stereocenters. The Morgan fingerprint density at radius 3 is 2.92 bits per heavy atom. The topological polar surface area (TPSA) is 131 Å². The van der Waals surface area contributed by atoms with E-state index in [2.05, 4.69) is 27.2 Å². The van der Waals surface area contributed by atoms with Crippen molar-refractivity contribution < 1.29 is 14.9 Å². The summed E-state index contributed by atoms with van der Waals surface area (Å²) < 4.78 is 7.50. The summed E-state index contributed by atoms with van der Waals surface area (Å²) in [5.41, 5.74) is 6.72. The summed E-state index contributed by atoms with van der Waals surface area (Å²) in [4.78, 5) is 12.3. The van der Waals surface area contributed by atoms with Crippen LogP contribution < -0.4 is 11.1 Å². The Kier molecular flexibility index (Phi) is 6.65. The smallest absolute Gasteiger partial charge is 0.167 e. The summed E-state index contributed by atoms with van der Waals surface area (Å²) in [5, 5.41) is 24.1. The molecule has 26 heavy (non-hydrogen) atoms. The average molecular weight is 382 g/mol. The molecular weight excluding hydrogens is 356 g/mol. The van der Waals surface area contributed by atoms with Gasteiger partial charge in [0.05, 0.1) is 12.4 Å². The van der Waals surface area contributed by atoms with Crippen molar-refractivity contribution in [3.05, 3.63) is 12.7 Å². The molecule has 1 saturated heterocycles. The van der Waals surface area contributed by atoms with Gasteiger partial charge in [-0.25, -0.2) is 15.0 Å². The summed E-state index contributed by atoms with van der Waals surface area (Å²) in [6, 6.07) is 0. The van der Waals surface area contributed by atoms with Gasteiger partial charge < -0.3 is 26.0 Å². The van der Waals surface area contributed by atoms with Crippen molar-refractivity contribution in [3.63, 3.8) is 0 Å². The van der Waals surface area contributed by atoms with Crippen molar-refractivity contribution in [2.24, 2.45) is 0 Å². The van der Waals surface area contributed by atoms with Gasteiger partial charge in [-0.15, -0.1) is 0 Å². The SMILES string of the molecule is CCCCNCCSC[C@H]1O[C@@H](n2cnc3c(N)ncnc32)[C@H](O)[C@@H]1O. The third-order valence-electron chi connectivity index (χ3n) is 4.41. The number of anilines is 1. The summed E-state index contributed by atoms with van der Waals surface area (Å²) in [6.45, 7) is 4.11. The molecule has 0 saturated carbocycles. The molecule has 1 aliphatic heterocycles. The van der Waals surface area contributed by atoms with Crippen LogP contribution in [0.25, 0.3) is 11.2 Å². The number of rotatable bonds is 9. The fourth-order valence-electron chi connectivity index (χ4n) is 2.92. The highest BCUT2D eigenvalue weighted by atomic mass is 32.2. The minimum absolute atomic E-state index is 0.268. The van der Waals surface area contributed by atoms with Gasteiger partial charge >= 0.3 is 0 Å². The van der Waals surface area contributed by atoms with E-state index in [4.69, 9.17) is 10.5 Å². The van der Waals surface area contributed by atoms with Gasteiger partial charge in [-0.1, -0.05) is 13.3 Å². The lowest BCUT2D eigenvalue weighted by Crippen LogP contribution is -2.32. The summed E-state index contributed by atoms with van der Waals surface area (Å²) in [5.74, 6) is 1.80. The van der Waals surface area contributed by atoms with Crippen LogP contribution in [0, 0.1) is 0 Å². The first-order valence-corrected chi connectivity index (χ1v) is 10.0. The van der Waals surface area contributed by atoms with E-state index in [1.54, 1.807) is 16.3 Å². The summed E-state index contributed by atoms with van der Waals surface area (Å²) in [7, 11) is 0. The highest BCUT2D eigenvalue weighted by Crippen LogP contribution is 2.33. The maximum atomic E-state index is 10.4. The molecule has 2 aromatic rings. The number of hydrogen-bond acceptors (Lipinski definition) is 9. The van der Waals surface area contributed by atoms with Gasteiger partial charge in [0.1, 0.15) is 24.1 Å². The molecule has 0 unspecified atom stereocenters. The standard InChI is InChI=1S/C16H26N6O3S/c1-2-3-4-18-5-6-26-7-10-12(23)13(24)16(25-10)22-9-21-11-14(17)19-8-20-15(11)22/h8-10,12-13,16,18,23-24H,2-7H2,1H3,(H2,17,19,20)/t10-,12-,13-,16-/m1/s1. The molecular formula is C16H26N6O3S. The molecule has 3 heterocycles. The molecule has 2 aromatic heterocycles. The number of nitrogens with zero attached hydrogens (tertiary/aromatic N) is 4. The van der Waals surface area contributed by atoms with Crippen molar-refractivity contribution in [1.82, 2.24) is 24.8 Å². The van der Waals surface area contributed by atoms with E-state index in [0.29, 0.717) is 16.9 Å². The second-order valence-electron chi connectivity index (χ2n) is 6.31. The molecule has 0 radical (unpaired) electrons. The van der Waals surface area contributed by atoms with E-state index in [-0.39, 0.29) is 5.82 Å². The largest absolute Gasteiger partial charge is 0.387 e. The second-order valence-corrected chi connectivity index (χ2v) is 7.46. The zero-order chi connectivity index (χ0) is 18.5. The fourth-order valence-corrected chi connectivity index (χ4v) is 3.89. The van der Waals surface area contributed by atoms with E-state index in [0.717, 1.165) is 18.8 Å². The summed E-state index contributed by atoms with van der Waals surface area (Å²) in [6.07, 6.45) is 1.98. The Bertz CT molecular complexity index is 714. The van der Waals surface area contributed by atoms with E-state index in [1.807, 2.05) is 0 Å². The van der Waals surface area contributed by atoms with Crippen molar-refractivity contribution in [2.75, 3.05) is 30.3 Å². The van der Waals surface area contributed by atoms with Gasteiger partial charge in [-0.3, -0.25) is 4.57 Å². The Balaban J connectivity index is 1.56.